The van der Waals surface area contributed by atoms with Gasteiger partial charge in [-0.25, -0.2) is 0 Å². The quantitative estimate of drug-likeness (QED) is 0.697. The van der Waals surface area contributed by atoms with Gasteiger partial charge in [-0.15, -0.1) is 0 Å². The molecule has 0 N–H and O–H groups in total. The first-order valence-electron chi connectivity index (χ1n) is 8.55. The predicted octanol–water partition coefficient (Wildman–Crippen LogP) is 5.34. The van der Waals surface area contributed by atoms with E-state index < -0.39 is 0 Å². The van der Waals surface area contributed by atoms with Crippen molar-refractivity contribution in [3.05, 3.63) is 65.2 Å². The lowest BCUT2D eigenvalue weighted by molar-refractivity contribution is 0.0885. The van der Waals surface area contributed by atoms with Crippen molar-refractivity contribution in [3.8, 4) is 5.75 Å². The third-order valence-electron chi connectivity index (χ3n) is 4.61. The van der Waals surface area contributed by atoms with Gasteiger partial charge >= 0.3 is 0 Å². The van der Waals surface area contributed by atoms with Crippen LogP contribution in [0.25, 0.3) is 0 Å². The second kappa shape index (κ2) is 7.45. The zero-order chi connectivity index (χ0) is 16.1. The van der Waals surface area contributed by atoms with E-state index in [0.717, 1.165) is 35.3 Å². The van der Waals surface area contributed by atoms with E-state index in [2.05, 4.69) is 0 Å². The van der Waals surface area contributed by atoms with Crippen LogP contribution in [0.4, 0.5) is 0 Å². The van der Waals surface area contributed by atoms with Gasteiger partial charge in [-0.3, -0.25) is 4.79 Å². The summed E-state index contributed by atoms with van der Waals surface area (Å²) in [6, 6.07) is 16.0. The lowest BCUT2D eigenvalue weighted by Crippen LogP contribution is -2.19. The number of carbonyl (C=O) groups excluding carboxylic acids is 1. The van der Waals surface area contributed by atoms with Crippen LogP contribution in [0.5, 0.6) is 5.75 Å². The Morgan fingerprint density at radius 2 is 1.78 bits per heavy atom. The SMILES string of the molecule is Cc1ccc(OCc2ccccc2)c(C(=O)C2CCCCC2)c1. The normalized spacial score (nSPS) is 15.3. The number of carbonyl (C=O) groups is 1. The molecular formula is C21H24O2. The van der Waals surface area contributed by atoms with Gasteiger partial charge in [-0.05, 0) is 37.5 Å². The molecule has 0 spiro atoms. The van der Waals surface area contributed by atoms with Crippen molar-refractivity contribution < 1.29 is 9.53 Å². The Kier molecular flexibility index (Phi) is 5.12. The summed E-state index contributed by atoms with van der Waals surface area (Å²) in [5, 5.41) is 0. The van der Waals surface area contributed by atoms with Crippen LogP contribution < -0.4 is 4.74 Å². The van der Waals surface area contributed by atoms with Crippen molar-refractivity contribution in [1.82, 2.24) is 0 Å². The Morgan fingerprint density at radius 3 is 2.52 bits per heavy atom. The molecule has 1 saturated carbocycles. The van der Waals surface area contributed by atoms with Crippen molar-refractivity contribution >= 4 is 5.78 Å². The van der Waals surface area contributed by atoms with Crippen molar-refractivity contribution in [3.63, 3.8) is 0 Å². The Morgan fingerprint density at radius 1 is 1.04 bits per heavy atom. The van der Waals surface area contributed by atoms with Crippen LogP contribution in [0.2, 0.25) is 0 Å². The molecule has 0 radical (unpaired) electrons. The number of ketones is 1. The number of hydrogen-bond donors (Lipinski definition) is 0. The average Bonchev–Trinajstić information content (AvgIpc) is 2.61. The fourth-order valence-corrected chi connectivity index (χ4v) is 3.28. The maximum Gasteiger partial charge on any atom is 0.169 e. The summed E-state index contributed by atoms with van der Waals surface area (Å²) in [6.45, 7) is 2.52. The molecule has 2 aromatic rings. The van der Waals surface area contributed by atoms with Gasteiger partial charge in [0.05, 0.1) is 5.56 Å². The van der Waals surface area contributed by atoms with Crippen LogP contribution in [0.15, 0.2) is 48.5 Å². The highest BCUT2D eigenvalue weighted by Gasteiger charge is 2.25. The zero-order valence-corrected chi connectivity index (χ0v) is 13.8. The maximum absolute atomic E-state index is 12.9. The molecule has 0 bridgehead atoms. The van der Waals surface area contributed by atoms with E-state index in [0.29, 0.717) is 6.61 Å². The monoisotopic (exact) mass is 308 g/mol. The van der Waals surface area contributed by atoms with E-state index in [-0.39, 0.29) is 11.7 Å². The average molecular weight is 308 g/mol. The van der Waals surface area contributed by atoms with Gasteiger partial charge in [0, 0.05) is 5.92 Å². The lowest BCUT2D eigenvalue weighted by atomic mass is 9.83. The van der Waals surface area contributed by atoms with Gasteiger partial charge in [-0.2, -0.15) is 0 Å². The Balaban J connectivity index is 1.78. The molecular weight excluding hydrogens is 284 g/mol. The molecule has 0 amide bonds. The summed E-state index contributed by atoms with van der Waals surface area (Å²) in [4.78, 5) is 12.9. The molecule has 2 nitrogen and oxygen atoms in total. The van der Waals surface area contributed by atoms with Crippen LogP contribution in [-0.2, 0) is 6.61 Å². The number of ether oxygens (including phenoxy) is 1. The number of aryl methyl sites for hydroxylation is 1. The Labute approximate surface area is 138 Å². The molecule has 0 saturated heterocycles. The van der Waals surface area contributed by atoms with Crippen LogP contribution in [0, 0.1) is 12.8 Å². The number of hydrogen-bond acceptors (Lipinski definition) is 2. The summed E-state index contributed by atoms with van der Waals surface area (Å²) in [5.74, 6) is 1.15. The van der Waals surface area contributed by atoms with E-state index in [1.54, 1.807) is 0 Å². The van der Waals surface area contributed by atoms with Crippen molar-refractivity contribution in [2.75, 3.05) is 0 Å². The van der Waals surface area contributed by atoms with Crippen LogP contribution >= 0.6 is 0 Å². The highest BCUT2D eigenvalue weighted by molar-refractivity contribution is 6.00. The highest BCUT2D eigenvalue weighted by Crippen LogP contribution is 2.31. The Hall–Kier alpha value is -2.09. The molecule has 1 aliphatic carbocycles. The van der Waals surface area contributed by atoms with Gasteiger partial charge in [0.1, 0.15) is 12.4 Å². The minimum Gasteiger partial charge on any atom is -0.488 e. The van der Waals surface area contributed by atoms with Crippen molar-refractivity contribution in [2.24, 2.45) is 5.92 Å². The first-order valence-corrected chi connectivity index (χ1v) is 8.55. The second-order valence-electron chi connectivity index (χ2n) is 6.47. The molecule has 2 heteroatoms. The minimum absolute atomic E-state index is 0.171. The fourth-order valence-electron chi connectivity index (χ4n) is 3.28. The summed E-state index contributed by atoms with van der Waals surface area (Å²) < 4.78 is 5.97. The maximum atomic E-state index is 12.9. The molecule has 23 heavy (non-hydrogen) atoms. The van der Waals surface area contributed by atoms with Gasteiger partial charge in [0.15, 0.2) is 5.78 Å². The van der Waals surface area contributed by atoms with Crippen molar-refractivity contribution in [1.29, 1.82) is 0 Å². The van der Waals surface area contributed by atoms with E-state index in [1.807, 2.05) is 55.5 Å². The molecule has 0 aliphatic heterocycles. The molecule has 3 rings (SSSR count). The van der Waals surface area contributed by atoms with Gasteiger partial charge in [0.25, 0.3) is 0 Å². The molecule has 0 atom stereocenters. The summed E-state index contributed by atoms with van der Waals surface area (Å²) in [7, 11) is 0. The Bertz CT molecular complexity index is 655. The van der Waals surface area contributed by atoms with Gasteiger partial charge < -0.3 is 4.74 Å². The topological polar surface area (TPSA) is 26.3 Å². The van der Waals surface area contributed by atoms with Crippen LogP contribution in [-0.4, -0.2) is 5.78 Å². The third kappa shape index (κ3) is 4.01. The highest BCUT2D eigenvalue weighted by atomic mass is 16.5. The molecule has 1 fully saturated rings. The van der Waals surface area contributed by atoms with Gasteiger partial charge in [-0.1, -0.05) is 61.2 Å². The van der Waals surface area contributed by atoms with E-state index in [4.69, 9.17) is 4.74 Å². The summed E-state index contributed by atoms with van der Waals surface area (Å²) in [6.07, 6.45) is 5.63. The van der Waals surface area contributed by atoms with E-state index >= 15 is 0 Å². The van der Waals surface area contributed by atoms with Gasteiger partial charge in [0.2, 0.25) is 0 Å². The third-order valence-corrected chi connectivity index (χ3v) is 4.61. The smallest absolute Gasteiger partial charge is 0.169 e. The molecule has 2 aromatic carbocycles. The second-order valence-corrected chi connectivity index (χ2v) is 6.47. The molecule has 120 valence electrons. The summed E-state index contributed by atoms with van der Waals surface area (Å²) in [5.41, 5.74) is 2.98. The molecule has 0 aromatic heterocycles. The first kappa shape index (κ1) is 15.8. The largest absolute Gasteiger partial charge is 0.488 e. The molecule has 0 unspecified atom stereocenters. The van der Waals surface area contributed by atoms with E-state index in [1.165, 1.54) is 19.3 Å². The predicted molar refractivity (Wildman–Crippen MR) is 92.9 cm³/mol. The number of Topliss-reactive ketones (excluding diaryl/α,β-unsaturated/α-hetero) is 1. The first-order chi connectivity index (χ1) is 11.2. The molecule has 1 aliphatic rings. The zero-order valence-electron chi connectivity index (χ0n) is 13.8. The van der Waals surface area contributed by atoms with Crippen LogP contribution in [0.3, 0.4) is 0 Å². The minimum atomic E-state index is 0.171. The standard InChI is InChI=1S/C21H24O2/c1-16-12-13-20(23-15-17-8-4-2-5-9-17)19(14-16)21(22)18-10-6-3-7-11-18/h2,4-5,8-9,12-14,18H,3,6-7,10-11,15H2,1H3. The number of rotatable bonds is 5. The van der Waals surface area contributed by atoms with Crippen LogP contribution in [0.1, 0.15) is 53.6 Å². The molecule has 0 heterocycles. The lowest BCUT2D eigenvalue weighted by Gasteiger charge is -2.21. The fraction of sp³-hybridized carbons (Fsp3) is 0.381. The summed E-state index contributed by atoms with van der Waals surface area (Å²) >= 11 is 0. The number of benzene rings is 2. The van der Waals surface area contributed by atoms with E-state index in [9.17, 15) is 4.79 Å². The van der Waals surface area contributed by atoms with Crippen molar-refractivity contribution in [2.45, 2.75) is 45.6 Å².